The van der Waals surface area contributed by atoms with Crippen molar-refractivity contribution in [3.8, 4) is 11.8 Å². The maximum Gasteiger partial charge on any atom is 0.289 e. The first-order valence-corrected chi connectivity index (χ1v) is 6.11. The van der Waals surface area contributed by atoms with E-state index in [4.69, 9.17) is 11.1 Å². The lowest BCUT2D eigenvalue weighted by Crippen LogP contribution is -2.35. The van der Waals surface area contributed by atoms with Gasteiger partial charge in [-0.2, -0.15) is 15.0 Å². The van der Waals surface area contributed by atoms with Crippen molar-refractivity contribution in [2.24, 2.45) is 5.84 Å². The molecule has 0 aliphatic rings. The first-order valence-electron chi connectivity index (χ1n) is 6.11. The number of nitriles is 1. The fraction of sp³-hybridized carbons (Fsp3) is 0.143. The second kappa shape index (κ2) is 5.56. The van der Waals surface area contributed by atoms with E-state index in [2.05, 4.69) is 5.10 Å². The summed E-state index contributed by atoms with van der Waals surface area (Å²) in [5, 5.41) is 13.2. The number of carbonyl (C=O) groups is 1. The molecular weight excluding hydrogens is 270 g/mol. The zero-order chi connectivity index (χ0) is 15.6. The van der Waals surface area contributed by atoms with Crippen molar-refractivity contribution in [3.05, 3.63) is 57.0 Å². The van der Waals surface area contributed by atoms with Crippen LogP contribution in [-0.2, 0) is 0 Å². The van der Waals surface area contributed by atoms with Gasteiger partial charge >= 0.3 is 0 Å². The number of nitrogen functional groups attached to an aromatic ring is 1. The summed E-state index contributed by atoms with van der Waals surface area (Å²) in [6, 6.07) is 8.79. The minimum Gasteiger partial charge on any atom is -0.289 e. The summed E-state index contributed by atoms with van der Waals surface area (Å²) < 4.78 is 1.02. The molecule has 21 heavy (non-hydrogen) atoms. The molecular formula is C14H13N5O2. The summed E-state index contributed by atoms with van der Waals surface area (Å²) in [5.74, 6) is 4.44. The quantitative estimate of drug-likeness (QED) is 0.468. The highest BCUT2D eigenvalue weighted by atomic mass is 16.2. The van der Waals surface area contributed by atoms with Crippen LogP contribution in [0.4, 0.5) is 0 Å². The highest BCUT2D eigenvalue weighted by molar-refractivity contribution is 5.93. The molecule has 106 valence electrons. The minimum absolute atomic E-state index is 0.0609. The second-order valence-corrected chi connectivity index (χ2v) is 4.49. The van der Waals surface area contributed by atoms with E-state index in [0.717, 1.165) is 10.2 Å². The zero-order valence-electron chi connectivity index (χ0n) is 11.5. The number of amides is 1. The third kappa shape index (κ3) is 2.52. The standard InChI is InChI=1S/C14H13N5O2/c1-8-3-5-10(6-4-8)19-14(21)11(7-15)9(2)12(18-19)13(20)17-16/h3-6H,16H2,1-2H3,(H,17,20). The van der Waals surface area contributed by atoms with E-state index in [-0.39, 0.29) is 16.8 Å². The monoisotopic (exact) mass is 283 g/mol. The Bertz CT molecular complexity index is 800. The lowest BCUT2D eigenvalue weighted by atomic mass is 10.1. The van der Waals surface area contributed by atoms with Crippen LogP contribution in [0.3, 0.4) is 0 Å². The number of nitrogens with zero attached hydrogens (tertiary/aromatic N) is 3. The average molecular weight is 283 g/mol. The molecule has 0 spiro atoms. The molecule has 0 radical (unpaired) electrons. The Morgan fingerprint density at radius 3 is 2.48 bits per heavy atom. The molecule has 3 N–H and O–H groups in total. The van der Waals surface area contributed by atoms with Crippen LogP contribution in [0.2, 0.25) is 0 Å². The van der Waals surface area contributed by atoms with Crippen molar-refractivity contribution in [3.63, 3.8) is 0 Å². The fourth-order valence-corrected chi connectivity index (χ4v) is 1.88. The van der Waals surface area contributed by atoms with Crippen LogP contribution in [0.5, 0.6) is 0 Å². The predicted molar refractivity (Wildman–Crippen MR) is 75.7 cm³/mol. The molecule has 7 heteroatoms. The normalized spacial score (nSPS) is 10.0. The number of benzene rings is 1. The van der Waals surface area contributed by atoms with Gasteiger partial charge in [0.1, 0.15) is 11.6 Å². The number of aromatic nitrogens is 2. The van der Waals surface area contributed by atoms with Gasteiger partial charge < -0.3 is 0 Å². The summed E-state index contributed by atoms with van der Waals surface area (Å²) in [6.45, 7) is 3.39. The third-order valence-electron chi connectivity index (χ3n) is 3.07. The zero-order valence-corrected chi connectivity index (χ0v) is 11.5. The molecule has 0 saturated carbocycles. The fourth-order valence-electron chi connectivity index (χ4n) is 1.88. The van der Waals surface area contributed by atoms with Crippen LogP contribution >= 0.6 is 0 Å². The van der Waals surface area contributed by atoms with Gasteiger partial charge in [0.25, 0.3) is 11.5 Å². The van der Waals surface area contributed by atoms with Crippen molar-refractivity contribution < 1.29 is 4.79 Å². The summed E-state index contributed by atoms with van der Waals surface area (Å²) in [6.07, 6.45) is 0. The van der Waals surface area contributed by atoms with Gasteiger partial charge in [-0.3, -0.25) is 15.0 Å². The Labute approximate surface area is 120 Å². The van der Waals surface area contributed by atoms with Crippen molar-refractivity contribution in [2.45, 2.75) is 13.8 Å². The van der Waals surface area contributed by atoms with E-state index in [1.807, 2.05) is 18.4 Å². The first-order chi connectivity index (χ1) is 9.99. The van der Waals surface area contributed by atoms with Gasteiger partial charge in [0, 0.05) is 5.56 Å². The van der Waals surface area contributed by atoms with Gasteiger partial charge in [-0.05, 0) is 26.0 Å². The third-order valence-corrected chi connectivity index (χ3v) is 3.07. The van der Waals surface area contributed by atoms with Crippen molar-refractivity contribution >= 4 is 5.91 Å². The molecule has 2 rings (SSSR count). The Balaban J connectivity index is 2.78. The second-order valence-electron chi connectivity index (χ2n) is 4.49. The van der Waals surface area contributed by atoms with Gasteiger partial charge in [0.15, 0.2) is 5.69 Å². The van der Waals surface area contributed by atoms with Crippen LogP contribution in [0, 0.1) is 25.2 Å². The topological polar surface area (TPSA) is 114 Å². The number of hydrogen-bond acceptors (Lipinski definition) is 5. The number of hydrazine groups is 1. The number of nitrogens with two attached hydrogens (primary N) is 1. The van der Waals surface area contributed by atoms with E-state index in [1.165, 1.54) is 6.92 Å². The van der Waals surface area contributed by atoms with Crippen LogP contribution in [-0.4, -0.2) is 15.7 Å². The van der Waals surface area contributed by atoms with Crippen LogP contribution < -0.4 is 16.8 Å². The van der Waals surface area contributed by atoms with E-state index in [9.17, 15) is 9.59 Å². The van der Waals surface area contributed by atoms with E-state index < -0.39 is 11.5 Å². The summed E-state index contributed by atoms with van der Waals surface area (Å²) in [4.78, 5) is 24.0. The molecule has 1 amide bonds. The summed E-state index contributed by atoms with van der Waals surface area (Å²) in [5.41, 5.74) is 2.86. The van der Waals surface area contributed by atoms with Crippen molar-refractivity contribution in [1.82, 2.24) is 15.2 Å². The Morgan fingerprint density at radius 2 is 1.95 bits per heavy atom. The highest BCUT2D eigenvalue weighted by Crippen LogP contribution is 2.11. The largest absolute Gasteiger partial charge is 0.289 e. The molecule has 0 aliphatic heterocycles. The minimum atomic E-state index is -0.662. The Morgan fingerprint density at radius 1 is 1.33 bits per heavy atom. The van der Waals surface area contributed by atoms with Gasteiger partial charge in [-0.25, -0.2) is 5.84 Å². The van der Waals surface area contributed by atoms with Crippen molar-refractivity contribution in [2.75, 3.05) is 0 Å². The SMILES string of the molecule is Cc1ccc(-n2nc(C(=O)NN)c(C)c(C#N)c2=O)cc1. The van der Waals surface area contributed by atoms with Crippen LogP contribution in [0.1, 0.15) is 27.2 Å². The highest BCUT2D eigenvalue weighted by Gasteiger charge is 2.19. The number of aryl methyl sites for hydroxylation is 1. The molecule has 2 aromatic rings. The number of hydrogen-bond donors (Lipinski definition) is 2. The van der Waals surface area contributed by atoms with Gasteiger partial charge in [0.2, 0.25) is 0 Å². The first kappa shape index (κ1) is 14.4. The number of nitrogens with one attached hydrogen (secondary N) is 1. The molecule has 0 fully saturated rings. The predicted octanol–water partition coefficient (Wildman–Crippen LogP) is 0.325. The number of carbonyl (C=O) groups excluding carboxylic acids is 1. The molecule has 0 aliphatic carbocycles. The summed E-state index contributed by atoms with van der Waals surface area (Å²) in [7, 11) is 0. The Kier molecular flexibility index (Phi) is 3.82. The van der Waals surface area contributed by atoms with E-state index >= 15 is 0 Å². The molecule has 0 saturated heterocycles. The van der Waals surface area contributed by atoms with Gasteiger partial charge in [-0.1, -0.05) is 17.7 Å². The molecule has 1 heterocycles. The lowest BCUT2D eigenvalue weighted by molar-refractivity contribution is 0.0946. The Hall–Kier alpha value is -2.98. The average Bonchev–Trinajstić information content (AvgIpc) is 2.48. The van der Waals surface area contributed by atoms with E-state index in [1.54, 1.807) is 24.3 Å². The molecule has 0 atom stereocenters. The van der Waals surface area contributed by atoms with Gasteiger partial charge in [0.05, 0.1) is 5.69 Å². The maximum atomic E-state index is 12.3. The van der Waals surface area contributed by atoms with Crippen molar-refractivity contribution in [1.29, 1.82) is 5.26 Å². The molecule has 0 unspecified atom stereocenters. The molecule has 7 nitrogen and oxygen atoms in total. The van der Waals surface area contributed by atoms with Crippen LogP contribution in [0.25, 0.3) is 5.69 Å². The van der Waals surface area contributed by atoms with E-state index in [0.29, 0.717) is 5.69 Å². The lowest BCUT2D eigenvalue weighted by Gasteiger charge is -2.10. The molecule has 1 aromatic carbocycles. The van der Waals surface area contributed by atoms with Crippen LogP contribution in [0.15, 0.2) is 29.1 Å². The molecule has 1 aromatic heterocycles. The maximum absolute atomic E-state index is 12.3. The molecule has 0 bridgehead atoms. The van der Waals surface area contributed by atoms with Gasteiger partial charge in [-0.15, -0.1) is 0 Å². The smallest absolute Gasteiger partial charge is 0.289 e. The number of rotatable bonds is 2. The summed E-state index contributed by atoms with van der Waals surface area (Å²) >= 11 is 0.